The summed E-state index contributed by atoms with van der Waals surface area (Å²) in [5.74, 6) is -0.419. The van der Waals surface area contributed by atoms with Crippen molar-refractivity contribution in [1.29, 1.82) is 0 Å². The third-order valence-electron chi connectivity index (χ3n) is 2.49. The van der Waals surface area contributed by atoms with Crippen LogP contribution in [0.25, 0.3) is 0 Å². The highest BCUT2D eigenvalue weighted by atomic mass is 16.2. The maximum Gasteiger partial charge on any atom is 0.268 e. The van der Waals surface area contributed by atoms with Crippen LogP contribution in [0.4, 0.5) is 5.95 Å². The van der Waals surface area contributed by atoms with Crippen molar-refractivity contribution in [3.63, 3.8) is 0 Å². The van der Waals surface area contributed by atoms with Crippen molar-refractivity contribution in [3.05, 3.63) is 47.8 Å². The Morgan fingerprint density at radius 3 is 2.19 bits per heavy atom. The maximum absolute atomic E-state index is 12.0. The van der Waals surface area contributed by atoms with Gasteiger partial charge in [-0.15, -0.1) is 0 Å². The van der Waals surface area contributed by atoms with Gasteiger partial charge in [-0.25, -0.2) is 9.88 Å². The van der Waals surface area contributed by atoms with Gasteiger partial charge in [-0.1, -0.05) is 12.1 Å². The summed E-state index contributed by atoms with van der Waals surface area (Å²) in [5, 5.41) is 0. The van der Waals surface area contributed by atoms with Crippen LogP contribution in [0.2, 0.25) is 0 Å². The van der Waals surface area contributed by atoms with Crippen LogP contribution < -0.4 is 4.90 Å². The van der Waals surface area contributed by atoms with Gasteiger partial charge in [0.05, 0.1) is 11.1 Å². The minimum absolute atomic E-state index is 0.256. The number of amides is 2. The number of hydrogen-bond acceptors (Lipinski definition) is 3. The van der Waals surface area contributed by atoms with E-state index in [1.54, 1.807) is 30.5 Å². The van der Waals surface area contributed by atoms with Crippen LogP contribution in [0.15, 0.2) is 36.7 Å². The van der Waals surface area contributed by atoms with Crippen LogP contribution in [0.5, 0.6) is 0 Å². The summed E-state index contributed by atoms with van der Waals surface area (Å²) in [7, 11) is 0. The van der Waals surface area contributed by atoms with E-state index in [2.05, 4.69) is 9.97 Å². The Morgan fingerprint density at radius 2 is 1.69 bits per heavy atom. The number of carbonyl (C=O) groups is 2. The molecule has 1 aliphatic rings. The van der Waals surface area contributed by atoms with Gasteiger partial charge >= 0.3 is 0 Å². The lowest BCUT2D eigenvalue weighted by Crippen LogP contribution is -2.30. The van der Waals surface area contributed by atoms with Gasteiger partial charge in [0.1, 0.15) is 0 Å². The number of imidazole rings is 1. The van der Waals surface area contributed by atoms with E-state index in [4.69, 9.17) is 0 Å². The normalized spacial score (nSPS) is 14.4. The summed E-state index contributed by atoms with van der Waals surface area (Å²) in [6, 6.07) is 6.74. The van der Waals surface area contributed by atoms with Crippen LogP contribution in [-0.2, 0) is 0 Å². The zero-order valence-corrected chi connectivity index (χ0v) is 8.18. The van der Waals surface area contributed by atoms with Crippen LogP contribution in [0, 0.1) is 0 Å². The molecule has 5 heteroatoms. The lowest BCUT2D eigenvalue weighted by atomic mass is 10.1. The Hall–Kier alpha value is -2.43. The average Bonchev–Trinajstić information content (AvgIpc) is 2.89. The quantitative estimate of drug-likeness (QED) is 0.724. The third-order valence-corrected chi connectivity index (χ3v) is 2.49. The fourth-order valence-corrected chi connectivity index (χ4v) is 1.76. The lowest BCUT2D eigenvalue weighted by molar-refractivity contribution is 0.0924. The van der Waals surface area contributed by atoms with Crippen molar-refractivity contribution in [2.75, 3.05) is 4.90 Å². The van der Waals surface area contributed by atoms with Gasteiger partial charge in [0.2, 0.25) is 5.95 Å². The number of carbonyl (C=O) groups excluding carboxylic acids is 2. The predicted octanol–water partition coefficient (Wildman–Crippen LogP) is 1.21. The first-order valence-corrected chi connectivity index (χ1v) is 4.76. The number of anilines is 1. The van der Waals surface area contributed by atoms with E-state index in [0.717, 1.165) is 4.90 Å². The zero-order valence-electron chi connectivity index (χ0n) is 8.18. The van der Waals surface area contributed by atoms with E-state index in [1.807, 2.05) is 0 Å². The Bertz CT molecular complexity index is 540. The zero-order chi connectivity index (χ0) is 11.1. The van der Waals surface area contributed by atoms with Crippen LogP contribution in [-0.4, -0.2) is 21.8 Å². The highest BCUT2D eigenvalue weighted by Crippen LogP contribution is 2.25. The molecule has 1 aromatic heterocycles. The number of fused-ring (bicyclic) bond motifs is 1. The average molecular weight is 213 g/mol. The summed E-state index contributed by atoms with van der Waals surface area (Å²) in [6.45, 7) is 0. The molecule has 0 atom stereocenters. The van der Waals surface area contributed by atoms with E-state index in [-0.39, 0.29) is 17.8 Å². The van der Waals surface area contributed by atoms with Crippen LogP contribution >= 0.6 is 0 Å². The van der Waals surface area contributed by atoms with Gasteiger partial charge in [0, 0.05) is 12.4 Å². The molecule has 0 unspecified atom stereocenters. The summed E-state index contributed by atoms with van der Waals surface area (Å²) < 4.78 is 0. The van der Waals surface area contributed by atoms with Crippen molar-refractivity contribution in [1.82, 2.24) is 9.97 Å². The van der Waals surface area contributed by atoms with Gasteiger partial charge in [-0.3, -0.25) is 9.59 Å². The molecule has 0 saturated heterocycles. The number of nitrogens with zero attached hydrogens (tertiary/aromatic N) is 2. The SMILES string of the molecule is O=C1c2ccccc2C(=O)N1c1ncc[nH]1. The second-order valence-electron chi connectivity index (χ2n) is 3.40. The maximum atomic E-state index is 12.0. The Labute approximate surface area is 90.7 Å². The number of nitrogens with one attached hydrogen (secondary N) is 1. The highest BCUT2D eigenvalue weighted by Gasteiger charge is 2.37. The number of rotatable bonds is 1. The highest BCUT2D eigenvalue weighted by molar-refractivity contribution is 6.33. The summed E-state index contributed by atoms with van der Waals surface area (Å²) in [5.41, 5.74) is 0.841. The van der Waals surface area contributed by atoms with Gasteiger partial charge in [-0.05, 0) is 12.1 Å². The molecular weight excluding hydrogens is 206 g/mol. The molecule has 1 N–H and O–H groups in total. The van der Waals surface area contributed by atoms with Crippen molar-refractivity contribution < 1.29 is 9.59 Å². The molecule has 2 aromatic rings. The molecule has 2 amide bonds. The molecular formula is C11H7N3O2. The molecule has 16 heavy (non-hydrogen) atoms. The van der Waals surface area contributed by atoms with Gasteiger partial charge in [-0.2, -0.15) is 0 Å². The smallest absolute Gasteiger partial charge is 0.268 e. The van der Waals surface area contributed by atoms with E-state index in [1.165, 1.54) is 6.20 Å². The van der Waals surface area contributed by atoms with Gasteiger partial charge < -0.3 is 4.98 Å². The molecule has 0 fully saturated rings. The first kappa shape index (κ1) is 8.84. The Kier molecular flexibility index (Phi) is 1.67. The number of hydrogen-bond donors (Lipinski definition) is 1. The van der Waals surface area contributed by atoms with E-state index < -0.39 is 0 Å². The van der Waals surface area contributed by atoms with Crippen molar-refractivity contribution in [2.24, 2.45) is 0 Å². The molecule has 0 bridgehead atoms. The first-order chi connectivity index (χ1) is 7.79. The second-order valence-corrected chi connectivity index (χ2v) is 3.40. The largest absolute Gasteiger partial charge is 0.330 e. The molecule has 1 aliphatic heterocycles. The number of H-pyrrole nitrogens is 1. The minimum Gasteiger partial charge on any atom is -0.330 e. The first-order valence-electron chi connectivity index (χ1n) is 4.76. The Morgan fingerprint density at radius 1 is 1.06 bits per heavy atom. The van der Waals surface area contributed by atoms with Gasteiger partial charge in [0.25, 0.3) is 11.8 Å². The van der Waals surface area contributed by atoms with Crippen LogP contribution in [0.1, 0.15) is 20.7 Å². The van der Waals surface area contributed by atoms with E-state index in [9.17, 15) is 9.59 Å². The van der Waals surface area contributed by atoms with E-state index >= 15 is 0 Å². The molecule has 0 spiro atoms. The van der Waals surface area contributed by atoms with Crippen molar-refractivity contribution >= 4 is 17.8 Å². The van der Waals surface area contributed by atoms with Crippen molar-refractivity contribution in [3.8, 4) is 0 Å². The summed E-state index contributed by atoms with van der Waals surface area (Å²) in [4.78, 5) is 31.6. The monoisotopic (exact) mass is 213 g/mol. The van der Waals surface area contributed by atoms with Crippen molar-refractivity contribution in [2.45, 2.75) is 0 Å². The topological polar surface area (TPSA) is 66.1 Å². The lowest BCUT2D eigenvalue weighted by Gasteiger charge is -2.08. The standard InChI is InChI=1S/C11H7N3O2/c15-9-7-3-1-2-4-8(7)10(16)14(9)11-12-5-6-13-11/h1-6H,(H,12,13). The molecule has 2 heterocycles. The summed E-state index contributed by atoms with van der Waals surface area (Å²) in [6.07, 6.45) is 3.07. The molecule has 78 valence electrons. The van der Waals surface area contributed by atoms with Gasteiger partial charge in [0.15, 0.2) is 0 Å². The third kappa shape index (κ3) is 1.02. The Balaban J connectivity index is 2.15. The fraction of sp³-hybridized carbons (Fsp3) is 0. The fourth-order valence-electron chi connectivity index (χ4n) is 1.76. The predicted molar refractivity (Wildman–Crippen MR) is 56.2 cm³/mol. The molecule has 3 rings (SSSR count). The van der Waals surface area contributed by atoms with E-state index in [0.29, 0.717) is 11.1 Å². The molecule has 5 nitrogen and oxygen atoms in total. The molecule has 0 radical (unpaired) electrons. The molecule has 1 aromatic carbocycles. The molecule has 0 aliphatic carbocycles. The second kappa shape index (κ2) is 3.03. The van der Waals surface area contributed by atoms with Crippen LogP contribution in [0.3, 0.4) is 0 Å². The number of benzene rings is 1. The molecule has 0 saturated carbocycles. The summed E-state index contributed by atoms with van der Waals surface area (Å²) >= 11 is 0. The number of imide groups is 1. The number of aromatic amines is 1. The minimum atomic E-state index is -0.337. The number of aromatic nitrogens is 2.